The molecule has 0 bridgehead atoms. The first-order valence-electron chi connectivity index (χ1n) is 10.7. The number of anilines is 1. The molecule has 0 aliphatic rings. The van der Waals surface area contributed by atoms with Crippen LogP contribution in [0.25, 0.3) is 0 Å². The minimum atomic E-state index is -0.0451. The number of H-pyrrole nitrogens is 1. The summed E-state index contributed by atoms with van der Waals surface area (Å²) >= 11 is 1.87. The monoisotopic (exact) mass is 436 g/mol. The fourth-order valence-electron chi connectivity index (χ4n) is 3.52. The predicted molar refractivity (Wildman–Crippen MR) is 132 cm³/mol. The second-order valence-electron chi connectivity index (χ2n) is 8.00. The van der Waals surface area contributed by atoms with E-state index in [0.717, 1.165) is 42.3 Å². The van der Waals surface area contributed by atoms with E-state index in [-0.39, 0.29) is 5.56 Å². The molecule has 0 saturated heterocycles. The van der Waals surface area contributed by atoms with Crippen molar-refractivity contribution in [2.45, 2.75) is 32.1 Å². The van der Waals surface area contributed by atoms with Crippen LogP contribution in [-0.4, -0.2) is 41.3 Å². The van der Waals surface area contributed by atoms with Gasteiger partial charge >= 0.3 is 0 Å². The number of aromatic nitrogens is 2. The van der Waals surface area contributed by atoms with Crippen LogP contribution in [0.15, 0.2) is 59.4 Å². The van der Waals surface area contributed by atoms with Crippen LogP contribution in [0.3, 0.4) is 0 Å². The Labute approximate surface area is 189 Å². The van der Waals surface area contributed by atoms with E-state index in [1.54, 1.807) is 0 Å². The van der Waals surface area contributed by atoms with Gasteiger partial charge < -0.3 is 10.2 Å². The highest BCUT2D eigenvalue weighted by Gasteiger charge is 2.08. The molecule has 0 atom stereocenters. The molecule has 0 spiro atoms. The highest BCUT2D eigenvalue weighted by Crippen LogP contribution is 2.15. The van der Waals surface area contributed by atoms with Crippen LogP contribution >= 0.6 is 11.8 Å². The molecule has 0 aliphatic heterocycles. The smallest absolute Gasteiger partial charge is 0.255 e. The molecule has 1 heterocycles. The van der Waals surface area contributed by atoms with E-state index in [1.807, 2.05) is 36.9 Å². The van der Waals surface area contributed by atoms with Crippen molar-refractivity contribution >= 4 is 17.7 Å². The van der Waals surface area contributed by atoms with E-state index in [2.05, 4.69) is 70.7 Å². The maximum Gasteiger partial charge on any atom is 0.255 e. The van der Waals surface area contributed by atoms with Gasteiger partial charge in [0.2, 0.25) is 5.95 Å². The van der Waals surface area contributed by atoms with Crippen LogP contribution < -0.4 is 10.9 Å². The standard InChI is InChI=1S/C25H32N4OS/c1-19-23(13-12-20-8-5-4-6-9-20)24(30)28-25(27-19)26-14-15-31-18-22-11-7-10-21(16-22)17-29(2)3/h4-11,16H,12-15,17-18H2,1-3H3,(H2,26,27,28,30). The number of rotatable bonds is 11. The van der Waals surface area contributed by atoms with Crippen molar-refractivity contribution in [1.29, 1.82) is 0 Å². The van der Waals surface area contributed by atoms with Gasteiger partial charge in [-0.25, -0.2) is 4.98 Å². The lowest BCUT2D eigenvalue weighted by Crippen LogP contribution is -2.20. The second-order valence-corrected chi connectivity index (χ2v) is 9.11. The maximum absolute atomic E-state index is 12.5. The molecule has 3 aromatic rings. The number of hydrogen-bond acceptors (Lipinski definition) is 5. The molecule has 31 heavy (non-hydrogen) atoms. The van der Waals surface area contributed by atoms with Gasteiger partial charge in [-0.1, -0.05) is 54.6 Å². The minimum Gasteiger partial charge on any atom is -0.355 e. The summed E-state index contributed by atoms with van der Waals surface area (Å²) in [7, 11) is 4.17. The Bertz CT molecular complexity index is 1020. The Kier molecular flexibility index (Phi) is 8.74. The number of aryl methyl sites for hydroxylation is 2. The molecule has 5 nitrogen and oxygen atoms in total. The number of aromatic amines is 1. The summed E-state index contributed by atoms with van der Waals surface area (Å²) in [6.07, 6.45) is 1.53. The van der Waals surface area contributed by atoms with Crippen molar-refractivity contribution in [3.05, 3.63) is 92.9 Å². The molecular weight excluding hydrogens is 404 g/mol. The van der Waals surface area contributed by atoms with Crippen LogP contribution in [0.5, 0.6) is 0 Å². The first kappa shape index (κ1) is 23.1. The topological polar surface area (TPSA) is 61.0 Å². The molecule has 6 heteroatoms. The number of hydrogen-bond donors (Lipinski definition) is 2. The molecule has 1 aromatic heterocycles. The van der Waals surface area contributed by atoms with Crippen LogP contribution in [0.4, 0.5) is 5.95 Å². The van der Waals surface area contributed by atoms with E-state index >= 15 is 0 Å². The normalized spacial score (nSPS) is 11.1. The minimum absolute atomic E-state index is 0.0451. The summed E-state index contributed by atoms with van der Waals surface area (Å²) in [6, 6.07) is 19.0. The molecule has 0 radical (unpaired) electrons. The fraction of sp³-hybridized carbons (Fsp3) is 0.360. The van der Waals surface area contributed by atoms with E-state index in [9.17, 15) is 4.79 Å². The summed E-state index contributed by atoms with van der Waals surface area (Å²) in [6.45, 7) is 3.63. The SMILES string of the molecule is Cc1nc(NCCSCc2cccc(CN(C)C)c2)[nH]c(=O)c1CCc1ccccc1. The van der Waals surface area contributed by atoms with Gasteiger partial charge in [0.25, 0.3) is 5.56 Å². The van der Waals surface area contributed by atoms with Gasteiger partial charge in [-0.15, -0.1) is 0 Å². The second kappa shape index (κ2) is 11.7. The first-order valence-corrected chi connectivity index (χ1v) is 11.8. The Hall–Kier alpha value is -2.57. The van der Waals surface area contributed by atoms with Gasteiger partial charge in [0, 0.05) is 35.9 Å². The van der Waals surface area contributed by atoms with Crippen molar-refractivity contribution in [3.63, 3.8) is 0 Å². The summed E-state index contributed by atoms with van der Waals surface area (Å²) in [4.78, 5) is 22.2. The Morgan fingerprint density at radius 3 is 2.48 bits per heavy atom. The Morgan fingerprint density at radius 2 is 1.74 bits per heavy atom. The zero-order chi connectivity index (χ0) is 22.1. The average Bonchev–Trinajstić information content (AvgIpc) is 2.73. The Balaban J connectivity index is 1.45. The zero-order valence-electron chi connectivity index (χ0n) is 18.6. The summed E-state index contributed by atoms with van der Waals surface area (Å²) in [5, 5.41) is 3.26. The lowest BCUT2D eigenvalue weighted by atomic mass is 10.0. The highest BCUT2D eigenvalue weighted by molar-refractivity contribution is 7.98. The third-order valence-electron chi connectivity index (χ3n) is 5.03. The average molecular weight is 437 g/mol. The van der Waals surface area contributed by atoms with Gasteiger partial charge in [-0.3, -0.25) is 9.78 Å². The molecule has 0 fully saturated rings. The van der Waals surface area contributed by atoms with Gasteiger partial charge in [-0.2, -0.15) is 11.8 Å². The third-order valence-corrected chi connectivity index (χ3v) is 6.06. The molecule has 0 saturated carbocycles. The molecule has 164 valence electrons. The van der Waals surface area contributed by atoms with Gasteiger partial charge in [0.05, 0.1) is 0 Å². The maximum atomic E-state index is 12.5. The van der Waals surface area contributed by atoms with Crippen LogP contribution in [-0.2, 0) is 25.1 Å². The van der Waals surface area contributed by atoms with Crippen molar-refractivity contribution in [1.82, 2.24) is 14.9 Å². The van der Waals surface area contributed by atoms with Gasteiger partial charge in [0.1, 0.15) is 0 Å². The number of thioether (sulfide) groups is 1. The summed E-state index contributed by atoms with van der Waals surface area (Å²) in [5.41, 5.74) is 5.43. The van der Waals surface area contributed by atoms with Crippen molar-refractivity contribution in [3.8, 4) is 0 Å². The first-order chi connectivity index (χ1) is 15.0. The molecule has 2 aromatic carbocycles. The molecule has 3 rings (SSSR count). The summed E-state index contributed by atoms with van der Waals surface area (Å²) < 4.78 is 0. The number of benzene rings is 2. The predicted octanol–water partition coefficient (Wildman–Crippen LogP) is 4.27. The zero-order valence-corrected chi connectivity index (χ0v) is 19.5. The lowest BCUT2D eigenvalue weighted by molar-refractivity contribution is 0.402. The van der Waals surface area contributed by atoms with Crippen LogP contribution in [0.2, 0.25) is 0 Å². The van der Waals surface area contributed by atoms with E-state index in [4.69, 9.17) is 0 Å². The number of nitrogens with one attached hydrogen (secondary N) is 2. The van der Waals surface area contributed by atoms with Crippen molar-refractivity contribution in [2.24, 2.45) is 0 Å². The fourth-order valence-corrected chi connectivity index (χ4v) is 4.32. The molecule has 0 amide bonds. The largest absolute Gasteiger partial charge is 0.355 e. The van der Waals surface area contributed by atoms with Crippen molar-refractivity contribution in [2.75, 3.05) is 31.7 Å². The van der Waals surface area contributed by atoms with E-state index in [1.165, 1.54) is 16.7 Å². The molecule has 0 unspecified atom stereocenters. The van der Waals surface area contributed by atoms with Gasteiger partial charge in [0.15, 0.2) is 0 Å². The molecular formula is C25H32N4OS. The van der Waals surface area contributed by atoms with Crippen LogP contribution in [0, 0.1) is 6.92 Å². The molecule has 2 N–H and O–H groups in total. The number of nitrogens with zero attached hydrogens (tertiary/aromatic N) is 2. The van der Waals surface area contributed by atoms with Crippen LogP contribution in [0.1, 0.15) is 27.9 Å². The quantitative estimate of drug-likeness (QED) is 0.440. The van der Waals surface area contributed by atoms with E-state index < -0.39 is 0 Å². The lowest BCUT2D eigenvalue weighted by Gasteiger charge is -2.11. The Morgan fingerprint density at radius 1 is 1.00 bits per heavy atom. The third kappa shape index (κ3) is 7.56. The van der Waals surface area contributed by atoms with Crippen molar-refractivity contribution < 1.29 is 0 Å². The summed E-state index contributed by atoms with van der Waals surface area (Å²) in [5.74, 6) is 2.47. The van der Waals surface area contributed by atoms with E-state index in [0.29, 0.717) is 12.4 Å². The highest BCUT2D eigenvalue weighted by atomic mass is 32.2. The van der Waals surface area contributed by atoms with Gasteiger partial charge in [-0.05, 0) is 50.6 Å². The molecule has 0 aliphatic carbocycles.